The molecule has 0 saturated heterocycles. The van der Waals surface area contributed by atoms with Crippen molar-refractivity contribution in [1.29, 1.82) is 0 Å². The molecule has 5 aromatic carbocycles. The molecule has 0 aliphatic rings. The minimum atomic E-state index is -1.12. The van der Waals surface area contributed by atoms with Crippen molar-refractivity contribution in [2.24, 2.45) is 0 Å². The van der Waals surface area contributed by atoms with Gasteiger partial charge in [0, 0.05) is 39.4 Å². The molecule has 0 atom stereocenters. The molecule has 0 radical (unpaired) electrons. The van der Waals surface area contributed by atoms with E-state index in [0.29, 0.717) is 11.5 Å². The lowest BCUT2D eigenvalue weighted by Gasteiger charge is -2.22. The first kappa shape index (κ1) is 23.1. The second-order valence-electron chi connectivity index (χ2n) is 7.78. The number of aromatic hydroxyl groups is 1. The lowest BCUT2D eigenvalue weighted by Crippen LogP contribution is -2.16. The van der Waals surface area contributed by atoms with Gasteiger partial charge in [0.1, 0.15) is 17.2 Å². The quantitative estimate of drug-likeness (QED) is 0.260. The van der Waals surface area contributed by atoms with Crippen LogP contribution >= 0.6 is 16.3 Å². The number of hydrogen-bond acceptors (Lipinski definition) is 3. The predicted molar refractivity (Wildman–Crippen MR) is 148 cm³/mol. The van der Waals surface area contributed by atoms with Gasteiger partial charge in [0.15, 0.2) is 16.3 Å². The minimum Gasteiger partial charge on any atom is -0.508 e. The Morgan fingerprint density at radius 3 is 0.971 bits per heavy atom. The normalized spacial score (nSPS) is 10.9. The summed E-state index contributed by atoms with van der Waals surface area (Å²) in [5, 5.41) is 14.9. The SMILES string of the molecule is Oc1cc(OP(c2ccccc2)c2ccccc2)cc(OP(c2ccccc2)c2ccccc2)c1. The maximum atomic E-state index is 10.6. The molecule has 0 aromatic heterocycles. The molecule has 5 heteroatoms. The van der Waals surface area contributed by atoms with Crippen molar-refractivity contribution in [3.8, 4) is 17.2 Å². The van der Waals surface area contributed by atoms with Crippen LogP contribution < -0.4 is 30.3 Å². The third-order valence-corrected chi connectivity index (χ3v) is 9.08. The fraction of sp³-hybridized carbons (Fsp3) is 0. The highest BCUT2D eigenvalue weighted by atomic mass is 31.1. The monoisotopic (exact) mass is 494 g/mol. The van der Waals surface area contributed by atoms with E-state index in [-0.39, 0.29) is 5.75 Å². The van der Waals surface area contributed by atoms with E-state index in [0.717, 1.165) is 21.2 Å². The highest BCUT2D eigenvalue weighted by Crippen LogP contribution is 2.42. The summed E-state index contributed by atoms with van der Waals surface area (Å²) in [5.41, 5.74) is 0. The third kappa shape index (κ3) is 5.89. The van der Waals surface area contributed by atoms with Crippen LogP contribution in [0.15, 0.2) is 140 Å². The molecule has 0 bridgehead atoms. The molecule has 0 saturated carbocycles. The van der Waals surface area contributed by atoms with Gasteiger partial charge in [-0.1, -0.05) is 121 Å². The van der Waals surface area contributed by atoms with Gasteiger partial charge in [-0.3, -0.25) is 0 Å². The standard InChI is InChI=1S/C30H24O3P2/c31-24-21-25(32-34(27-13-5-1-6-14-27)28-15-7-2-8-16-28)23-26(22-24)33-35(29-17-9-3-10-18-29)30-19-11-4-12-20-30/h1-23,31H. The minimum absolute atomic E-state index is 0.102. The smallest absolute Gasteiger partial charge is 0.150 e. The molecule has 1 N–H and O–H groups in total. The molecule has 3 nitrogen and oxygen atoms in total. The van der Waals surface area contributed by atoms with Gasteiger partial charge in [0.2, 0.25) is 0 Å². The zero-order chi connectivity index (χ0) is 23.9. The first-order valence-corrected chi connectivity index (χ1v) is 13.8. The van der Waals surface area contributed by atoms with Crippen molar-refractivity contribution < 1.29 is 14.2 Å². The number of rotatable bonds is 8. The van der Waals surface area contributed by atoms with E-state index < -0.39 is 16.3 Å². The van der Waals surface area contributed by atoms with E-state index in [1.165, 1.54) is 0 Å². The lowest BCUT2D eigenvalue weighted by atomic mass is 10.3. The highest BCUT2D eigenvalue weighted by molar-refractivity contribution is 7.69. The Labute approximate surface area is 208 Å². The Hall–Kier alpha value is -3.64. The molecule has 5 rings (SSSR count). The highest BCUT2D eigenvalue weighted by Gasteiger charge is 2.20. The zero-order valence-corrected chi connectivity index (χ0v) is 20.7. The second kappa shape index (κ2) is 11.2. The molecule has 0 aliphatic carbocycles. The van der Waals surface area contributed by atoms with E-state index in [1.807, 2.05) is 78.9 Å². The summed E-state index contributed by atoms with van der Waals surface area (Å²) in [6.45, 7) is 0. The molecule has 5 aromatic rings. The van der Waals surface area contributed by atoms with Gasteiger partial charge in [0.25, 0.3) is 0 Å². The molecular formula is C30H24O3P2. The Bertz CT molecular complexity index is 1170. The fourth-order valence-electron chi connectivity index (χ4n) is 3.64. The second-order valence-corrected chi connectivity index (χ2v) is 11.4. The van der Waals surface area contributed by atoms with Gasteiger partial charge in [-0.25, -0.2) is 0 Å². The topological polar surface area (TPSA) is 38.7 Å². The average molecular weight is 494 g/mol. The van der Waals surface area contributed by atoms with Crippen molar-refractivity contribution in [3.63, 3.8) is 0 Å². The average Bonchev–Trinajstić information content (AvgIpc) is 2.92. The summed E-state index contributed by atoms with van der Waals surface area (Å²) >= 11 is 0. The molecule has 0 heterocycles. The summed E-state index contributed by atoms with van der Waals surface area (Å²) in [6.07, 6.45) is 0. The van der Waals surface area contributed by atoms with Crippen LogP contribution in [0.1, 0.15) is 0 Å². The van der Waals surface area contributed by atoms with Crippen molar-refractivity contribution in [2.45, 2.75) is 0 Å². The molecule has 0 unspecified atom stereocenters. The van der Waals surface area contributed by atoms with E-state index in [4.69, 9.17) is 9.05 Å². The Morgan fingerprint density at radius 1 is 0.400 bits per heavy atom. The molecule has 0 spiro atoms. The Kier molecular flexibility index (Phi) is 7.39. The molecule has 172 valence electrons. The first-order valence-electron chi connectivity index (χ1n) is 11.3. The largest absolute Gasteiger partial charge is 0.508 e. The summed E-state index contributed by atoms with van der Waals surface area (Å²) < 4.78 is 13.1. The molecule has 35 heavy (non-hydrogen) atoms. The Balaban J connectivity index is 1.48. The zero-order valence-electron chi connectivity index (χ0n) is 18.9. The molecule has 0 amide bonds. The van der Waals surface area contributed by atoms with Crippen LogP contribution in [0.4, 0.5) is 0 Å². The van der Waals surface area contributed by atoms with Crippen LogP contribution in [-0.4, -0.2) is 5.11 Å². The first-order chi connectivity index (χ1) is 17.3. The molecule has 0 aliphatic heterocycles. The lowest BCUT2D eigenvalue weighted by molar-refractivity contribution is 0.467. The van der Waals surface area contributed by atoms with Gasteiger partial charge in [-0.15, -0.1) is 0 Å². The number of phenolic OH excluding ortho intramolecular Hbond substituents is 1. The van der Waals surface area contributed by atoms with Crippen molar-refractivity contribution in [3.05, 3.63) is 140 Å². The number of benzene rings is 5. The van der Waals surface area contributed by atoms with Crippen molar-refractivity contribution in [1.82, 2.24) is 0 Å². The van der Waals surface area contributed by atoms with Crippen LogP contribution in [0.3, 0.4) is 0 Å². The van der Waals surface area contributed by atoms with Crippen LogP contribution in [0.5, 0.6) is 17.2 Å². The summed E-state index contributed by atoms with van der Waals surface area (Å²) in [6, 6.07) is 45.8. The fourth-order valence-corrected chi connectivity index (χ4v) is 7.06. The van der Waals surface area contributed by atoms with Gasteiger partial charge in [0.05, 0.1) is 0 Å². The number of phenols is 1. The van der Waals surface area contributed by atoms with Crippen LogP contribution in [0.2, 0.25) is 0 Å². The maximum Gasteiger partial charge on any atom is 0.150 e. The molecule has 0 fully saturated rings. The van der Waals surface area contributed by atoms with Gasteiger partial charge >= 0.3 is 0 Å². The maximum absolute atomic E-state index is 10.6. The third-order valence-electron chi connectivity index (χ3n) is 5.22. The van der Waals surface area contributed by atoms with Crippen LogP contribution in [-0.2, 0) is 0 Å². The van der Waals surface area contributed by atoms with E-state index >= 15 is 0 Å². The van der Waals surface area contributed by atoms with Crippen LogP contribution in [0, 0.1) is 0 Å². The number of hydrogen-bond donors (Lipinski definition) is 1. The van der Waals surface area contributed by atoms with Gasteiger partial charge in [-0.05, 0) is 0 Å². The van der Waals surface area contributed by atoms with Crippen molar-refractivity contribution >= 4 is 37.5 Å². The summed E-state index contributed by atoms with van der Waals surface area (Å²) in [4.78, 5) is 0. The van der Waals surface area contributed by atoms with Crippen LogP contribution in [0.25, 0.3) is 0 Å². The van der Waals surface area contributed by atoms with Gasteiger partial charge < -0.3 is 14.2 Å². The van der Waals surface area contributed by atoms with E-state index in [2.05, 4.69) is 48.5 Å². The predicted octanol–water partition coefficient (Wildman–Crippen LogP) is 6.25. The Morgan fingerprint density at radius 2 is 0.686 bits per heavy atom. The summed E-state index contributed by atoms with van der Waals surface area (Å²) in [5.74, 6) is 1.23. The van der Waals surface area contributed by atoms with E-state index in [9.17, 15) is 5.11 Å². The van der Waals surface area contributed by atoms with E-state index in [1.54, 1.807) is 12.1 Å². The van der Waals surface area contributed by atoms with Crippen molar-refractivity contribution in [2.75, 3.05) is 0 Å². The molecular weight excluding hydrogens is 470 g/mol. The van der Waals surface area contributed by atoms with Gasteiger partial charge in [-0.2, -0.15) is 0 Å². The summed E-state index contributed by atoms with van der Waals surface area (Å²) in [7, 11) is -2.24.